The number of aliphatic hydroxyl groups excluding tert-OH is 1. The Kier molecular flexibility index (Phi) is 3.66. The second-order valence-electron chi connectivity index (χ2n) is 4.80. The summed E-state index contributed by atoms with van der Waals surface area (Å²) < 4.78 is 31.6. The molecule has 21 heavy (non-hydrogen) atoms. The summed E-state index contributed by atoms with van der Waals surface area (Å²) in [5.74, 6) is -1.49. The quantitative estimate of drug-likeness (QED) is 0.764. The van der Waals surface area contributed by atoms with Crippen LogP contribution >= 0.6 is 11.6 Å². The Morgan fingerprint density at radius 1 is 1.05 bits per heavy atom. The van der Waals surface area contributed by atoms with Gasteiger partial charge in [0.05, 0.1) is 0 Å². The second-order valence-corrected chi connectivity index (χ2v) is 5.24. The molecule has 0 bridgehead atoms. The average Bonchev–Trinajstić information content (AvgIpc) is 2.86. The van der Waals surface area contributed by atoms with Crippen LogP contribution in [0.3, 0.4) is 0 Å². The number of hydrogen-bond acceptors (Lipinski definition) is 2. The van der Waals surface area contributed by atoms with Crippen molar-refractivity contribution in [3.8, 4) is 0 Å². The molecule has 1 heterocycles. The lowest BCUT2D eigenvalue weighted by Crippen LogP contribution is -2.01. The van der Waals surface area contributed by atoms with E-state index in [1.54, 1.807) is 24.3 Å². The Labute approximate surface area is 124 Å². The molecule has 3 aromatic rings. The highest BCUT2D eigenvalue weighted by atomic mass is 35.5. The lowest BCUT2D eigenvalue weighted by atomic mass is 10.1. The number of fused-ring (bicyclic) bond motifs is 1. The van der Waals surface area contributed by atoms with Crippen LogP contribution < -0.4 is 0 Å². The van der Waals surface area contributed by atoms with Crippen LogP contribution in [0.25, 0.3) is 11.0 Å². The molecular weight excluding hydrogens is 298 g/mol. The third-order valence-electron chi connectivity index (χ3n) is 3.24. The van der Waals surface area contributed by atoms with Crippen LogP contribution in [-0.4, -0.2) is 5.11 Å². The van der Waals surface area contributed by atoms with Crippen LogP contribution in [0, 0.1) is 11.6 Å². The first-order valence-electron chi connectivity index (χ1n) is 6.34. The zero-order valence-electron chi connectivity index (χ0n) is 10.8. The number of halogens is 3. The summed E-state index contributed by atoms with van der Waals surface area (Å²) in [6, 6.07) is 10.4. The molecule has 0 aliphatic carbocycles. The second kappa shape index (κ2) is 5.47. The monoisotopic (exact) mass is 308 g/mol. The highest BCUT2D eigenvalue weighted by Gasteiger charge is 2.15. The van der Waals surface area contributed by atoms with Gasteiger partial charge < -0.3 is 9.52 Å². The molecule has 0 aliphatic rings. The first kappa shape index (κ1) is 14.0. The van der Waals surface area contributed by atoms with E-state index in [4.69, 9.17) is 16.0 Å². The van der Waals surface area contributed by atoms with E-state index in [1.807, 2.05) is 0 Å². The standard InChI is InChI=1S/C16H11ClF2O2/c17-11-2-4-15-10(7-11)8-16(21-15)14(20)6-9-1-3-12(18)13(19)5-9/h1-5,7-8,14,20H,6H2. The van der Waals surface area contributed by atoms with Crippen molar-refractivity contribution in [2.75, 3.05) is 0 Å². The van der Waals surface area contributed by atoms with Gasteiger partial charge in [0.15, 0.2) is 11.6 Å². The fourth-order valence-corrected chi connectivity index (χ4v) is 2.37. The molecular formula is C16H11ClF2O2. The van der Waals surface area contributed by atoms with Gasteiger partial charge in [-0.1, -0.05) is 17.7 Å². The van der Waals surface area contributed by atoms with Gasteiger partial charge in [-0.2, -0.15) is 0 Å². The van der Waals surface area contributed by atoms with Gasteiger partial charge in [0.1, 0.15) is 17.4 Å². The van der Waals surface area contributed by atoms with Crippen molar-refractivity contribution < 1.29 is 18.3 Å². The van der Waals surface area contributed by atoms with E-state index in [0.717, 1.165) is 17.5 Å². The van der Waals surface area contributed by atoms with E-state index in [1.165, 1.54) is 6.07 Å². The van der Waals surface area contributed by atoms with Crippen LogP contribution in [0.2, 0.25) is 5.02 Å². The Hall–Kier alpha value is -1.91. The summed E-state index contributed by atoms with van der Waals surface area (Å²) in [5.41, 5.74) is 1.10. The minimum Gasteiger partial charge on any atom is -0.458 e. The number of rotatable bonds is 3. The largest absolute Gasteiger partial charge is 0.458 e. The molecule has 0 saturated heterocycles. The SMILES string of the molecule is OC(Cc1ccc(F)c(F)c1)c1cc2cc(Cl)ccc2o1. The molecule has 0 fully saturated rings. The van der Waals surface area contributed by atoms with Crippen molar-refractivity contribution in [1.82, 2.24) is 0 Å². The summed E-state index contributed by atoms with van der Waals surface area (Å²) in [6.45, 7) is 0. The molecule has 2 aromatic carbocycles. The molecule has 0 saturated carbocycles. The molecule has 2 nitrogen and oxygen atoms in total. The van der Waals surface area contributed by atoms with Gasteiger partial charge >= 0.3 is 0 Å². The first-order chi connectivity index (χ1) is 10.0. The Morgan fingerprint density at radius 2 is 1.86 bits per heavy atom. The fraction of sp³-hybridized carbons (Fsp3) is 0.125. The normalized spacial score (nSPS) is 12.8. The zero-order valence-corrected chi connectivity index (χ0v) is 11.6. The molecule has 0 amide bonds. The van der Waals surface area contributed by atoms with E-state index in [-0.39, 0.29) is 6.42 Å². The predicted octanol–water partition coefficient (Wildman–Crippen LogP) is 4.64. The highest BCUT2D eigenvalue weighted by Crippen LogP contribution is 2.28. The molecule has 5 heteroatoms. The van der Waals surface area contributed by atoms with Gasteiger partial charge in [0.2, 0.25) is 0 Å². The molecule has 1 aromatic heterocycles. The van der Waals surface area contributed by atoms with Crippen LogP contribution in [0.1, 0.15) is 17.4 Å². The van der Waals surface area contributed by atoms with E-state index in [2.05, 4.69) is 0 Å². The zero-order chi connectivity index (χ0) is 15.0. The molecule has 3 rings (SSSR count). The number of benzene rings is 2. The van der Waals surface area contributed by atoms with Gasteiger partial charge in [-0.05, 0) is 42.0 Å². The van der Waals surface area contributed by atoms with Crippen molar-refractivity contribution in [3.63, 3.8) is 0 Å². The summed E-state index contributed by atoms with van der Waals surface area (Å²) in [7, 11) is 0. The number of hydrogen-bond donors (Lipinski definition) is 1. The molecule has 1 N–H and O–H groups in total. The van der Waals surface area contributed by atoms with Gasteiger partial charge in [-0.15, -0.1) is 0 Å². The third kappa shape index (κ3) is 2.91. The summed E-state index contributed by atoms with van der Waals surface area (Å²) in [4.78, 5) is 0. The van der Waals surface area contributed by atoms with E-state index < -0.39 is 17.7 Å². The maximum atomic E-state index is 13.1. The highest BCUT2D eigenvalue weighted by molar-refractivity contribution is 6.31. The van der Waals surface area contributed by atoms with Crippen LogP contribution in [0.5, 0.6) is 0 Å². The summed E-state index contributed by atoms with van der Waals surface area (Å²) in [5, 5.41) is 11.5. The lowest BCUT2D eigenvalue weighted by Gasteiger charge is -2.07. The maximum Gasteiger partial charge on any atom is 0.159 e. The van der Waals surface area contributed by atoms with Crippen molar-refractivity contribution in [2.24, 2.45) is 0 Å². The molecule has 1 atom stereocenters. The van der Waals surface area contributed by atoms with Crippen molar-refractivity contribution >= 4 is 22.6 Å². The van der Waals surface area contributed by atoms with Gasteiger partial charge in [0, 0.05) is 16.8 Å². The van der Waals surface area contributed by atoms with Crippen LogP contribution in [0.4, 0.5) is 8.78 Å². The minimum absolute atomic E-state index is 0.130. The van der Waals surface area contributed by atoms with E-state index >= 15 is 0 Å². The van der Waals surface area contributed by atoms with Gasteiger partial charge in [-0.3, -0.25) is 0 Å². The summed E-state index contributed by atoms with van der Waals surface area (Å²) >= 11 is 5.89. The van der Waals surface area contributed by atoms with Crippen molar-refractivity contribution in [1.29, 1.82) is 0 Å². The Balaban J connectivity index is 1.85. The van der Waals surface area contributed by atoms with Crippen molar-refractivity contribution in [3.05, 3.63) is 70.4 Å². The van der Waals surface area contributed by atoms with Gasteiger partial charge in [-0.25, -0.2) is 8.78 Å². The topological polar surface area (TPSA) is 33.4 Å². The summed E-state index contributed by atoms with van der Waals surface area (Å²) in [6.07, 6.45) is -0.814. The molecule has 0 spiro atoms. The van der Waals surface area contributed by atoms with Crippen LogP contribution in [-0.2, 0) is 6.42 Å². The van der Waals surface area contributed by atoms with Crippen molar-refractivity contribution in [2.45, 2.75) is 12.5 Å². The van der Waals surface area contributed by atoms with Crippen LogP contribution in [0.15, 0.2) is 46.9 Å². The smallest absolute Gasteiger partial charge is 0.159 e. The minimum atomic E-state index is -0.943. The molecule has 0 aliphatic heterocycles. The molecule has 108 valence electrons. The lowest BCUT2D eigenvalue weighted by molar-refractivity contribution is 0.152. The maximum absolute atomic E-state index is 13.1. The molecule has 1 unspecified atom stereocenters. The third-order valence-corrected chi connectivity index (χ3v) is 3.47. The van der Waals surface area contributed by atoms with Gasteiger partial charge in [0.25, 0.3) is 0 Å². The number of aliphatic hydroxyl groups is 1. The first-order valence-corrected chi connectivity index (χ1v) is 6.72. The predicted molar refractivity (Wildman–Crippen MR) is 76.2 cm³/mol. The Morgan fingerprint density at radius 3 is 2.62 bits per heavy atom. The number of furan rings is 1. The van der Waals surface area contributed by atoms with E-state index in [0.29, 0.717) is 21.9 Å². The van der Waals surface area contributed by atoms with E-state index in [9.17, 15) is 13.9 Å². The Bertz CT molecular complexity index is 798. The average molecular weight is 309 g/mol. The molecule has 0 radical (unpaired) electrons. The fourth-order valence-electron chi connectivity index (χ4n) is 2.19.